The Morgan fingerprint density at radius 1 is 1.00 bits per heavy atom. The summed E-state index contributed by atoms with van der Waals surface area (Å²) in [6.45, 7) is 2.09. The molecular weight excluding hydrogens is 280 g/mol. The van der Waals surface area contributed by atoms with Crippen molar-refractivity contribution in [2.24, 2.45) is 0 Å². The van der Waals surface area contributed by atoms with Crippen molar-refractivity contribution in [2.75, 3.05) is 0 Å². The minimum absolute atomic E-state index is 0.748. The maximum Gasteiger partial charge on any atom is 0.0943 e. The second-order valence-electron chi connectivity index (χ2n) is 5.27. The van der Waals surface area contributed by atoms with Gasteiger partial charge in [-0.25, -0.2) is 0 Å². The molecule has 1 N–H and O–H groups in total. The van der Waals surface area contributed by atoms with Crippen LogP contribution in [0.25, 0.3) is 33.1 Å². The summed E-state index contributed by atoms with van der Waals surface area (Å²) in [5, 5.41) is 3.03. The lowest BCUT2D eigenvalue weighted by Gasteiger charge is -2.03. The second-order valence-corrected chi connectivity index (χ2v) is 5.70. The topological polar surface area (TPSA) is 28.7 Å². The number of benzene rings is 2. The zero-order chi connectivity index (χ0) is 14.4. The van der Waals surface area contributed by atoms with Crippen LogP contribution in [0.2, 0.25) is 5.02 Å². The minimum Gasteiger partial charge on any atom is -0.353 e. The number of nitrogens with zero attached hydrogens (tertiary/aromatic N) is 1. The van der Waals surface area contributed by atoms with Crippen molar-refractivity contribution >= 4 is 33.4 Å². The average molecular weight is 293 g/mol. The fourth-order valence-electron chi connectivity index (χ4n) is 2.81. The average Bonchev–Trinajstić information content (AvgIpc) is 2.85. The van der Waals surface area contributed by atoms with Crippen molar-refractivity contribution in [3.63, 3.8) is 0 Å². The van der Waals surface area contributed by atoms with Gasteiger partial charge < -0.3 is 4.98 Å². The van der Waals surface area contributed by atoms with E-state index in [1.807, 2.05) is 30.5 Å². The summed E-state index contributed by atoms with van der Waals surface area (Å²) in [4.78, 5) is 8.04. The van der Waals surface area contributed by atoms with Crippen LogP contribution in [-0.4, -0.2) is 9.97 Å². The number of nitrogens with one attached hydrogen (secondary N) is 1. The molecule has 2 heterocycles. The lowest BCUT2D eigenvalue weighted by atomic mass is 10.1. The number of H-pyrrole nitrogens is 1. The third-order valence-electron chi connectivity index (χ3n) is 3.77. The Morgan fingerprint density at radius 2 is 1.90 bits per heavy atom. The number of aryl methyl sites for hydroxylation is 1. The van der Waals surface area contributed by atoms with Crippen molar-refractivity contribution < 1.29 is 0 Å². The van der Waals surface area contributed by atoms with E-state index in [4.69, 9.17) is 11.6 Å². The number of pyridine rings is 1. The molecule has 4 aromatic rings. The molecular formula is C18H13ClN2. The van der Waals surface area contributed by atoms with E-state index in [-0.39, 0.29) is 0 Å². The molecule has 0 unspecified atom stereocenters. The number of rotatable bonds is 1. The van der Waals surface area contributed by atoms with Gasteiger partial charge in [0.2, 0.25) is 0 Å². The maximum atomic E-state index is 6.12. The molecule has 0 atom stereocenters. The second kappa shape index (κ2) is 4.61. The highest BCUT2D eigenvalue weighted by Gasteiger charge is 2.11. The van der Waals surface area contributed by atoms with Crippen LogP contribution in [-0.2, 0) is 0 Å². The summed E-state index contributed by atoms with van der Waals surface area (Å²) in [6, 6.07) is 16.3. The fourth-order valence-corrected chi connectivity index (χ4v) is 2.98. The monoisotopic (exact) mass is 292 g/mol. The van der Waals surface area contributed by atoms with E-state index in [2.05, 4.69) is 41.2 Å². The Labute approximate surface area is 127 Å². The molecule has 0 fully saturated rings. The lowest BCUT2D eigenvalue weighted by molar-refractivity contribution is 1.33. The van der Waals surface area contributed by atoms with Crippen molar-refractivity contribution in [1.82, 2.24) is 9.97 Å². The maximum absolute atomic E-state index is 6.12. The predicted molar refractivity (Wildman–Crippen MR) is 88.8 cm³/mol. The Kier molecular flexibility index (Phi) is 2.72. The molecule has 0 bridgehead atoms. The highest BCUT2D eigenvalue weighted by Crippen LogP contribution is 2.32. The van der Waals surface area contributed by atoms with Gasteiger partial charge in [0.1, 0.15) is 0 Å². The highest BCUT2D eigenvalue weighted by atomic mass is 35.5. The Hall–Kier alpha value is -2.32. The van der Waals surface area contributed by atoms with Gasteiger partial charge in [0.15, 0.2) is 0 Å². The first-order chi connectivity index (χ1) is 10.2. The lowest BCUT2D eigenvalue weighted by Crippen LogP contribution is -1.85. The largest absolute Gasteiger partial charge is 0.353 e. The van der Waals surface area contributed by atoms with Crippen LogP contribution in [0.4, 0.5) is 0 Å². The summed E-state index contributed by atoms with van der Waals surface area (Å²) < 4.78 is 0. The van der Waals surface area contributed by atoms with Gasteiger partial charge in [-0.2, -0.15) is 0 Å². The summed E-state index contributed by atoms with van der Waals surface area (Å²) in [5.41, 5.74) is 5.46. The van der Waals surface area contributed by atoms with Gasteiger partial charge in [0.25, 0.3) is 0 Å². The molecule has 0 aliphatic carbocycles. The number of hydrogen-bond donors (Lipinski definition) is 1. The predicted octanol–water partition coefficient (Wildman–Crippen LogP) is 5.34. The van der Waals surface area contributed by atoms with Crippen LogP contribution in [0.15, 0.2) is 54.7 Å². The molecule has 0 aliphatic heterocycles. The van der Waals surface area contributed by atoms with Gasteiger partial charge in [-0.3, -0.25) is 4.98 Å². The molecule has 102 valence electrons. The van der Waals surface area contributed by atoms with E-state index in [9.17, 15) is 0 Å². The molecule has 0 amide bonds. The van der Waals surface area contributed by atoms with Crippen LogP contribution in [0.3, 0.4) is 0 Å². The number of aromatic amines is 1. The molecule has 2 aromatic carbocycles. The SMILES string of the molecule is Cc1cccc(-c2nccc3c2[nH]c2ccc(Cl)cc23)c1. The number of fused-ring (bicyclic) bond motifs is 3. The molecule has 2 nitrogen and oxygen atoms in total. The number of aromatic nitrogens is 2. The van der Waals surface area contributed by atoms with Gasteiger partial charge in [-0.05, 0) is 37.3 Å². The van der Waals surface area contributed by atoms with Crippen LogP contribution in [0.5, 0.6) is 0 Å². The van der Waals surface area contributed by atoms with Crippen molar-refractivity contribution in [3.05, 3.63) is 65.3 Å². The first kappa shape index (κ1) is 12.4. The molecule has 2 aromatic heterocycles. The standard InChI is InChI=1S/C18H13ClN2/c1-11-3-2-4-12(9-11)17-18-14(7-8-20-17)15-10-13(19)5-6-16(15)21-18/h2-10,21H,1H3. The van der Waals surface area contributed by atoms with E-state index in [0.29, 0.717) is 0 Å². The van der Waals surface area contributed by atoms with Gasteiger partial charge >= 0.3 is 0 Å². The van der Waals surface area contributed by atoms with Gasteiger partial charge in [-0.15, -0.1) is 0 Å². The summed E-state index contributed by atoms with van der Waals surface area (Å²) >= 11 is 6.12. The van der Waals surface area contributed by atoms with Gasteiger partial charge in [-0.1, -0.05) is 35.4 Å². The normalized spacial score (nSPS) is 11.3. The van der Waals surface area contributed by atoms with Gasteiger partial charge in [0.05, 0.1) is 11.2 Å². The fraction of sp³-hybridized carbons (Fsp3) is 0.0556. The molecule has 21 heavy (non-hydrogen) atoms. The van der Waals surface area contributed by atoms with Crippen LogP contribution >= 0.6 is 11.6 Å². The molecule has 4 rings (SSSR count). The molecule has 0 saturated heterocycles. The number of hydrogen-bond acceptors (Lipinski definition) is 1. The van der Waals surface area contributed by atoms with Gasteiger partial charge in [0, 0.05) is 33.1 Å². The van der Waals surface area contributed by atoms with Crippen molar-refractivity contribution in [2.45, 2.75) is 6.92 Å². The zero-order valence-corrected chi connectivity index (χ0v) is 12.3. The molecule has 3 heteroatoms. The Bertz CT molecular complexity index is 969. The van der Waals surface area contributed by atoms with E-state index in [0.717, 1.165) is 38.1 Å². The third-order valence-corrected chi connectivity index (χ3v) is 4.01. The van der Waals surface area contributed by atoms with Crippen LogP contribution in [0.1, 0.15) is 5.56 Å². The quantitative estimate of drug-likeness (QED) is 0.503. The molecule has 0 spiro atoms. The van der Waals surface area contributed by atoms with E-state index >= 15 is 0 Å². The smallest absolute Gasteiger partial charge is 0.0943 e. The van der Waals surface area contributed by atoms with Crippen LogP contribution in [0, 0.1) is 6.92 Å². The summed E-state index contributed by atoms with van der Waals surface area (Å²) in [6.07, 6.45) is 1.86. The minimum atomic E-state index is 0.748. The Balaban J connectivity index is 2.09. The van der Waals surface area contributed by atoms with Crippen molar-refractivity contribution in [1.29, 1.82) is 0 Å². The summed E-state index contributed by atoms with van der Waals surface area (Å²) in [7, 11) is 0. The molecule has 0 aliphatic rings. The van der Waals surface area contributed by atoms with E-state index in [1.54, 1.807) is 0 Å². The van der Waals surface area contributed by atoms with Crippen molar-refractivity contribution in [3.8, 4) is 11.3 Å². The first-order valence-corrected chi connectivity index (χ1v) is 7.23. The number of halogens is 1. The zero-order valence-electron chi connectivity index (χ0n) is 11.5. The summed E-state index contributed by atoms with van der Waals surface area (Å²) in [5.74, 6) is 0. The highest BCUT2D eigenvalue weighted by molar-refractivity contribution is 6.32. The van der Waals surface area contributed by atoms with E-state index in [1.165, 1.54) is 5.56 Å². The third kappa shape index (κ3) is 1.99. The van der Waals surface area contributed by atoms with E-state index < -0.39 is 0 Å². The first-order valence-electron chi connectivity index (χ1n) is 6.85. The Morgan fingerprint density at radius 3 is 2.76 bits per heavy atom. The molecule has 0 radical (unpaired) electrons. The molecule has 0 saturated carbocycles. The van der Waals surface area contributed by atoms with Crippen LogP contribution < -0.4 is 0 Å².